The van der Waals surface area contributed by atoms with Gasteiger partial charge >= 0.3 is 5.91 Å². The van der Waals surface area contributed by atoms with E-state index in [4.69, 9.17) is 9.68 Å². The molecule has 300 valence electrons. The maximum atomic E-state index is 13.8. The van der Waals surface area contributed by atoms with Crippen LogP contribution in [0, 0.1) is 11.8 Å². The van der Waals surface area contributed by atoms with E-state index in [0.717, 1.165) is 11.2 Å². The van der Waals surface area contributed by atoms with Gasteiger partial charge in [-0.1, -0.05) is 88.4 Å². The summed E-state index contributed by atoms with van der Waals surface area (Å²) in [5.41, 5.74) is 10.3. The number of rotatable bonds is 19. The van der Waals surface area contributed by atoms with E-state index in [0.29, 0.717) is 11.1 Å². The Labute approximate surface area is 323 Å². The Bertz CT molecular complexity index is 1680. The van der Waals surface area contributed by atoms with E-state index in [2.05, 4.69) is 32.6 Å². The van der Waals surface area contributed by atoms with Crippen molar-refractivity contribution < 1.29 is 38.4 Å². The van der Waals surface area contributed by atoms with Crippen molar-refractivity contribution in [2.45, 2.75) is 117 Å². The Morgan fingerprint density at radius 1 is 0.636 bits per heavy atom. The van der Waals surface area contributed by atoms with Gasteiger partial charge in [0.2, 0.25) is 29.2 Å². The summed E-state index contributed by atoms with van der Waals surface area (Å²) in [5.74, 6) is -5.70. The van der Waals surface area contributed by atoms with Gasteiger partial charge in [-0.05, 0) is 64.5 Å². The Hall–Kier alpha value is -4.80. The predicted octanol–water partition coefficient (Wildman–Crippen LogP) is 2.53. The van der Waals surface area contributed by atoms with Gasteiger partial charge in [0.15, 0.2) is 0 Å². The predicted molar refractivity (Wildman–Crippen MR) is 206 cm³/mol. The van der Waals surface area contributed by atoms with Crippen molar-refractivity contribution in [1.82, 2.24) is 37.6 Å². The number of amides is 3. The number of carbonyl (C=O) groups excluding carboxylic acids is 6. The molecule has 2 aromatic carbocycles. The molecule has 55 heavy (non-hydrogen) atoms. The topological polar surface area (TPSA) is 196 Å². The lowest BCUT2D eigenvalue weighted by atomic mass is 9.97. The number of hydrogen-bond acceptors (Lipinski definition) is 12. The van der Waals surface area contributed by atoms with Crippen LogP contribution in [-0.2, 0) is 51.3 Å². The number of nitrogens with zero attached hydrogens (tertiary/aromatic N) is 1. The van der Waals surface area contributed by atoms with Gasteiger partial charge in [0.1, 0.15) is 23.8 Å². The molecular weight excluding hydrogens is 706 g/mol. The maximum Gasteiger partial charge on any atom is 0.311 e. The fraction of sp³-hybridized carbons (Fsp3) is 0.500. The lowest BCUT2D eigenvalue weighted by Crippen LogP contribution is -2.56. The number of hydroxylamine groups is 2. The minimum absolute atomic E-state index is 0.00216. The lowest BCUT2D eigenvalue weighted by molar-refractivity contribution is -0.147. The fourth-order valence-corrected chi connectivity index (χ4v) is 5.20. The van der Waals surface area contributed by atoms with Crippen LogP contribution in [0.25, 0.3) is 0 Å². The normalized spacial score (nSPS) is 15.4. The average Bonchev–Trinajstić information content (AvgIpc) is 3.60. The van der Waals surface area contributed by atoms with Crippen LogP contribution in [0.15, 0.2) is 72.6 Å². The first kappa shape index (κ1) is 44.6. The molecule has 0 saturated carbocycles. The number of hydrazine groups is 2. The SMILES string of the molecule is CC(C)[C@H](NOC(C)(C)C)C(=O)N[C@@H](Cc1ccccc1)C(=O)C(=O)C1=CN(C(=O)C(=O)[C@H](Cc2ccccc2)NC(=O)[C@@H](NOC(C)(C)C)C(C)C)NN1. The molecule has 0 spiro atoms. The van der Waals surface area contributed by atoms with Gasteiger partial charge in [-0.2, -0.15) is 11.0 Å². The third-order valence-corrected chi connectivity index (χ3v) is 8.18. The number of hydrogen-bond donors (Lipinski definition) is 6. The summed E-state index contributed by atoms with van der Waals surface area (Å²) >= 11 is 0. The Kier molecular flexibility index (Phi) is 16.0. The molecule has 15 heteroatoms. The van der Waals surface area contributed by atoms with Gasteiger partial charge in [0.05, 0.1) is 23.4 Å². The molecule has 2 aromatic rings. The highest BCUT2D eigenvalue weighted by atomic mass is 16.7. The molecule has 15 nitrogen and oxygen atoms in total. The highest BCUT2D eigenvalue weighted by molar-refractivity contribution is 6.45. The zero-order valence-corrected chi connectivity index (χ0v) is 33.4. The third kappa shape index (κ3) is 14.1. The second-order valence-electron chi connectivity index (χ2n) is 16.1. The third-order valence-electron chi connectivity index (χ3n) is 8.18. The molecule has 0 fully saturated rings. The Morgan fingerprint density at radius 3 is 1.42 bits per heavy atom. The highest BCUT2D eigenvalue weighted by Crippen LogP contribution is 2.15. The average molecular weight is 764 g/mol. The molecule has 0 aromatic heterocycles. The molecule has 1 aliphatic rings. The molecular formula is C40H57N7O8. The van der Waals surface area contributed by atoms with Gasteiger partial charge in [-0.15, -0.1) is 5.53 Å². The molecule has 1 aliphatic heterocycles. The highest BCUT2D eigenvalue weighted by Gasteiger charge is 2.38. The summed E-state index contributed by atoms with van der Waals surface area (Å²) in [4.78, 5) is 93.1. The molecule has 6 N–H and O–H groups in total. The summed E-state index contributed by atoms with van der Waals surface area (Å²) in [6, 6.07) is 13.4. The summed E-state index contributed by atoms with van der Waals surface area (Å²) < 4.78 is 0. The smallest absolute Gasteiger partial charge is 0.311 e. The first-order chi connectivity index (χ1) is 25.7. The van der Waals surface area contributed by atoms with Gasteiger partial charge in [-0.25, -0.2) is 5.01 Å². The second-order valence-corrected chi connectivity index (χ2v) is 16.1. The minimum Gasteiger partial charge on any atom is -0.344 e. The minimum atomic E-state index is -1.30. The molecule has 0 saturated heterocycles. The largest absolute Gasteiger partial charge is 0.344 e. The Balaban J connectivity index is 1.83. The van der Waals surface area contributed by atoms with E-state index < -0.39 is 70.4 Å². The van der Waals surface area contributed by atoms with Crippen molar-refractivity contribution in [2.75, 3.05) is 0 Å². The quantitative estimate of drug-likeness (QED) is 0.0906. The standard InChI is InChI=1S/C40H57N7O8/c1-24(2)31(44-54-39(5,6)7)36(51)41-28(21-26-17-13-11-14-18-26)33(48)34(49)30-23-47(46-43-30)38(53)35(50)29(22-27-19-15-12-16-20-27)42-37(52)32(25(3)4)45-55-40(8,9)10/h11-20,23-25,28-29,31-32,43-46H,21-22H2,1-10H3,(H,41,51)(H,42,52)/t28-,29-,31-,32-/m0/s1. The number of Topliss-reactive ketones (excluding diaryl/α,β-unsaturated/α-hetero) is 3. The number of carbonyl (C=O) groups is 6. The molecule has 3 amide bonds. The zero-order valence-electron chi connectivity index (χ0n) is 33.4. The molecule has 3 rings (SSSR count). The van der Waals surface area contributed by atoms with Crippen molar-refractivity contribution in [1.29, 1.82) is 0 Å². The van der Waals surface area contributed by atoms with Crippen LogP contribution < -0.4 is 32.6 Å². The van der Waals surface area contributed by atoms with E-state index in [9.17, 15) is 28.8 Å². The van der Waals surface area contributed by atoms with Gasteiger partial charge in [0.25, 0.3) is 0 Å². The van der Waals surface area contributed by atoms with E-state index in [1.165, 1.54) is 0 Å². The van der Waals surface area contributed by atoms with Crippen LogP contribution >= 0.6 is 0 Å². The van der Waals surface area contributed by atoms with Crippen molar-refractivity contribution in [3.8, 4) is 0 Å². The number of ketones is 3. The summed E-state index contributed by atoms with van der Waals surface area (Å²) in [7, 11) is 0. The molecule has 1 heterocycles. The monoisotopic (exact) mass is 763 g/mol. The van der Waals surface area contributed by atoms with Crippen molar-refractivity contribution in [3.05, 3.63) is 83.7 Å². The Morgan fingerprint density at radius 2 is 1.04 bits per heavy atom. The fourth-order valence-electron chi connectivity index (χ4n) is 5.20. The van der Waals surface area contributed by atoms with Crippen LogP contribution in [0.3, 0.4) is 0 Å². The van der Waals surface area contributed by atoms with Crippen LogP contribution in [0.1, 0.15) is 80.4 Å². The number of allylic oxidation sites excluding steroid dienone is 1. The van der Waals surface area contributed by atoms with E-state index >= 15 is 0 Å². The molecule has 4 atom stereocenters. The van der Waals surface area contributed by atoms with Crippen LogP contribution in [-0.4, -0.2) is 75.4 Å². The summed E-state index contributed by atoms with van der Waals surface area (Å²) in [6.45, 7) is 18.1. The second kappa shape index (κ2) is 19.7. The van der Waals surface area contributed by atoms with Gasteiger partial charge < -0.3 is 10.6 Å². The van der Waals surface area contributed by atoms with E-state index in [1.807, 2.05) is 69.2 Å². The van der Waals surface area contributed by atoms with Crippen LogP contribution in [0.2, 0.25) is 0 Å². The first-order valence-electron chi connectivity index (χ1n) is 18.4. The summed E-state index contributed by atoms with van der Waals surface area (Å²) in [6.07, 6.45) is 0.984. The van der Waals surface area contributed by atoms with Crippen molar-refractivity contribution in [3.63, 3.8) is 0 Å². The van der Waals surface area contributed by atoms with E-state index in [1.54, 1.807) is 60.7 Å². The molecule has 0 aliphatic carbocycles. The maximum absolute atomic E-state index is 13.8. The lowest BCUT2D eigenvalue weighted by Gasteiger charge is -2.28. The molecule has 0 bridgehead atoms. The van der Waals surface area contributed by atoms with Gasteiger partial charge in [-0.3, -0.25) is 43.9 Å². The van der Waals surface area contributed by atoms with Gasteiger partial charge in [0, 0.05) is 12.8 Å². The van der Waals surface area contributed by atoms with Crippen LogP contribution in [0.5, 0.6) is 0 Å². The first-order valence-corrected chi connectivity index (χ1v) is 18.4. The van der Waals surface area contributed by atoms with Crippen molar-refractivity contribution >= 4 is 35.1 Å². The number of benzene rings is 2. The zero-order chi connectivity index (χ0) is 41.1. The molecule has 0 unspecified atom stereocenters. The van der Waals surface area contributed by atoms with Crippen LogP contribution in [0.4, 0.5) is 0 Å². The summed E-state index contributed by atoms with van der Waals surface area (Å²) in [5, 5.41) is 6.16. The number of nitrogens with one attached hydrogen (secondary N) is 6. The molecule has 0 radical (unpaired) electrons. The van der Waals surface area contributed by atoms with Crippen molar-refractivity contribution in [2.24, 2.45) is 11.8 Å². The van der Waals surface area contributed by atoms with E-state index in [-0.39, 0.29) is 30.4 Å².